The van der Waals surface area contributed by atoms with Crippen LogP contribution in [-0.4, -0.2) is 30.7 Å². The van der Waals surface area contributed by atoms with Gasteiger partial charge in [0.25, 0.3) is 0 Å². The summed E-state index contributed by atoms with van der Waals surface area (Å²) in [4.78, 5) is 20.9. The highest BCUT2D eigenvalue weighted by Crippen LogP contribution is 2.23. The molecule has 23 heavy (non-hydrogen) atoms. The lowest BCUT2D eigenvalue weighted by atomic mass is 10.1. The lowest BCUT2D eigenvalue weighted by Crippen LogP contribution is -2.22. The molecular formula is C17H32F2O4. The fourth-order valence-electron chi connectivity index (χ4n) is 1.44. The fourth-order valence-corrected chi connectivity index (χ4v) is 1.44. The maximum absolute atomic E-state index is 13.8. The number of halogens is 2. The molecule has 4 nitrogen and oxygen atoms in total. The van der Waals surface area contributed by atoms with Crippen molar-refractivity contribution in [3.8, 4) is 0 Å². The van der Waals surface area contributed by atoms with E-state index < -0.39 is 24.0 Å². The topological polar surface area (TPSA) is 36.9 Å². The van der Waals surface area contributed by atoms with Crippen molar-refractivity contribution in [2.45, 2.75) is 85.1 Å². The van der Waals surface area contributed by atoms with Gasteiger partial charge in [0.1, 0.15) is 24.1 Å². The number of hydrogen-bond donors (Lipinski definition) is 0. The van der Waals surface area contributed by atoms with Crippen molar-refractivity contribution >= 4 is 0 Å². The smallest absolute Gasteiger partial charge is 0.147 e. The SMILES string of the molecule is CCC(F)C/C(OOC(C)(C)C)=C(\CCF)COOC(C)(C)C. The first-order valence-electron chi connectivity index (χ1n) is 8.05. The van der Waals surface area contributed by atoms with Crippen LogP contribution in [0.5, 0.6) is 0 Å². The average molecular weight is 338 g/mol. The molecule has 1 unspecified atom stereocenters. The van der Waals surface area contributed by atoms with Crippen LogP contribution in [0.25, 0.3) is 0 Å². The zero-order chi connectivity index (χ0) is 18.1. The molecule has 0 aliphatic carbocycles. The van der Waals surface area contributed by atoms with E-state index in [0.717, 1.165) is 0 Å². The predicted molar refractivity (Wildman–Crippen MR) is 86.1 cm³/mol. The van der Waals surface area contributed by atoms with E-state index in [-0.39, 0.29) is 25.2 Å². The van der Waals surface area contributed by atoms with Crippen LogP contribution < -0.4 is 0 Å². The Morgan fingerprint density at radius 2 is 1.57 bits per heavy atom. The number of hydrogen-bond acceptors (Lipinski definition) is 4. The Morgan fingerprint density at radius 3 is 2.00 bits per heavy atom. The zero-order valence-electron chi connectivity index (χ0n) is 15.5. The second-order valence-corrected chi connectivity index (χ2v) is 7.41. The van der Waals surface area contributed by atoms with E-state index in [0.29, 0.717) is 12.0 Å². The third-order valence-electron chi connectivity index (χ3n) is 2.57. The van der Waals surface area contributed by atoms with Crippen molar-refractivity contribution in [1.82, 2.24) is 0 Å². The number of alkyl halides is 2. The van der Waals surface area contributed by atoms with Crippen LogP contribution in [0.1, 0.15) is 67.7 Å². The molecule has 0 radical (unpaired) electrons. The molecule has 0 saturated carbocycles. The van der Waals surface area contributed by atoms with E-state index in [4.69, 9.17) is 19.6 Å². The minimum absolute atomic E-state index is 0.000457. The lowest BCUT2D eigenvalue weighted by Gasteiger charge is -2.23. The molecule has 138 valence electrons. The first-order valence-corrected chi connectivity index (χ1v) is 8.05. The van der Waals surface area contributed by atoms with E-state index in [9.17, 15) is 8.78 Å². The van der Waals surface area contributed by atoms with Gasteiger partial charge in [0.15, 0.2) is 0 Å². The van der Waals surface area contributed by atoms with E-state index in [2.05, 4.69) is 0 Å². The summed E-state index contributed by atoms with van der Waals surface area (Å²) in [6, 6.07) is 0. The summed E-state index contributed by atoms with van der Waals surface area (Å²) in [6.07, 6.45) is -0.662. The highest BCUT2D eigenvalue weighted by molar-refractivity contribution is 5.10. The molecule has 0 spiro atoms. The highest BCUT2D eigenvalue weighted by atomic mass is 19.1. The summed E-state index contributed by atoms with van der Waals surface area (Å²) in [7, 11) is 0. The van der Waals surface area contributed by atoms with Gasteiger partial charge in [0, 0.05) is 18.4 Å². The molecule has 0 aromatic heterocycles. The molecular weight excluding hydrogens is 306 g/mol. The van der Waals surface area contributed by atoms with Gasteiger partial charge in [0.2, 0.25) is 0 Å². The lowest BCUT2D eigenvalue weighted by molar-refractivity contribution is -0.346. The molecule has 0 N–H and O–H groups in total. The van der Waals surface area contributed by atoms with E-state index in [1.165, 1.54) is 0 Å². The van der Waals surface area contributed by atoms with Gasteiger partial charge in [-0.3, -0.25) is 4.39 Å². The minimum Gasteiger partial charge on any atom is -0.341 e. The van der Waals surface area contributed by atoms with Gasteiger partial charge in [0.05, 0.1) is 12.3 Å². The summed E-state index contributed by atoms with van der Waals surface area (Å²) in [6.45, 7) is 12.1. The first kappa shape index (κ1) is 22.3. The molecule has 0 bridgehead atoms. The van der Waals surface area contributed by atoms with Crippen LogP contribution in [0.4, 0.5) is 8.78 Å². The van der Waals surface area contributed by atoms with Crippen LogP contribution in [0, 0.1) is 0 Å². The van der Waals surface area contributed by atoms with Crippen molar-refractivity contribution in [2.24, 2.45) is 0 Å². The third-order valence-corrected chi connectivity index (χ3v) is 2.57. The quantitative estimate of drug-likeness (QED) is 0.310. The van der Waals surface area contributed by atoms with Crippen molar-refractivity contribution in [3.05, 3.63) is 11.3 Å². The molecule has 6 heteroatoms. The Hall–Kier alpha value is -0.720. The zero-order valence-corrected chi connectivity index (χ0v) is 15.5. The predicted octanol–water partition coefficient (Wildman–Crippen LogP) is 5.23. The summed E-state index contributed by atoms with van der Waals surface area (Å²) in [5.41, 5.74) is -0.556. The van der Waals surface area contributed by atoms with Crippen LogP contribution in [0.3, 0.4) is 0 Å². The number of allylic oxidation sites excluding steroid dienone is 1. The molecule has 0 saturated heterocycles. The molecule has 0 aliphatic rings. The van der Waals surface area contributed by atoms with E-state index >= 15 is 0 Å². The molecule has 1 atom stereocenters. The monoisotopic (exact) mass is 338 g/mol. The Kier molecular flexibility index (Phi) is 9.89. The molecule has 0 heterocycles. The third kappa shape index (κ3) is 12.4. The van der Waals surface area contributed by atoms with Gasteiger partial charge in [-0.1, -0.05) is 6.92 Å². The molecule has 0 aromatic rings. The van der Waals surface area contributed by atoms with Gasteiger partial charge in [-0.15, -0.1) is 0 Å². The average Bonchev–Trinajstić information content (AvgIpc) is 2.40. The van der Waals surface area contributed by atoms with Crippen LogP contribution in [-0.2, 0) is 19.6 Å². The number of rotatable bonds is 10. The van der Waals surface area contributed by atoms with Gasteiger partial charge in [-0.05, 0) is 48.0 Å². The molecule has 0 aliphatic heterocycles. The Morgan fingerprint density at radius 1 is 1.00 bits per heavy atom. The Labute approximate surface area is 139 Å². The first-order chi connectivity index (χ1) is 10.5. The molecule has 0 fully saturated rings. The second kappa shape index (κ2) is 10.2. The van der Waals surface area contributed by atoms with Gasteiger partial charge < -0.3 is 4.89 Å². The van der Waals surface area contributed by atoms with Crippen molar-refractivity contribution in [2.75, 3.05) is 13.3 Å². The van der Waals surface area contributed by atoms with Gasteiger partial charge >= 0.3 is 0 Å². The van der Waals surface area contributed by atoms with Crippen LogP contribution in [0.15, 0.2) is 11.3 Å². The molecule has 0 amide bonds. The highest BCUT2D eigenvalue weighted by Gasteiger charge is 2.20. The summed E-state index contributed by atoms with van der Waals surface area (Å²) >= 11 is 0. The van der Waals surface area contributed by atoms with Crippen molar-refractivity contribution < 1.29 is 28.3 Å². The maximum atomic E-state index is 13.8. The van der Waals surface area contributed by atoms with Gasteiger partial charge in [-0.2, -0.15) is 4.89 Å². The van der Waals surface area contributed by atoms with Crippen molar-refractivity contribution in [3.63, 3.8) is 0 Å². The van der Waals surface area contributed by atoms with Crippen LogP contribution in [0.2, 0.25) is 0 Å². The fraction of sp³-hybridized carbons (Fsp3) is 0.882. The second-order valence-electron chi connectivity index (χ2n) is 7.41. The molecule has 0 rings (SSSR count). The summed E-state index contributed by atoms with van der Waals surface area (Å²) < 4.78 is 26.6. The largest absolute Gasteiger partial charge is 0.341 e. The summed E-state index contributed by atoms with van der Waals surface area (Å²) in [5.74, 6) is 0.268. The van der Waals surface area contributed by atoms with Crippen molar-refractivity contribution in [1.29, 1.82) is 0 Å². The van der Waals surface area contributed by atoms with Crippen LogP contribution >= 0.6 is 0 Å². The standard InChI is InChI=1S/C17H32F2O4/c1-8-14(19)11-15(21-23-17(5,6)7)13(9-10-18)12-20-22-16(2,3)4/h14H,8-12H2,1-7H3/b15-13-. The maximum Gasteiger partial charge on any atom is 0.147 e. The minimum atomic E-state index is -1.09. The Bertz CT molecular complexity index is 357. The van der Waals surface area contributed by atoms with E-state index in [1.807, 2.05) is 41.5 Å². The van der Waals surface area contributed by atoms with E-state index in [1.54, 1.807) is 6.92 Å². The Balaban J connectivity index is 5.07. The summed E-state index contributed by atoms with van der Waals surface area (Å²) in [5, 5.41) is 0. The normalized spacial score (nSPS) is 15.3. The molecule has 0 aromatic carbocycles. The van der Waals surface area contributed by atoms with Gasteiger partial charge in [-0.25, -0.2) is 14.2 Å².